The second kappa shape index (κ2) is 6.82. The van der Waals surface area contributed by atoms with Gasteiger partial charge < -0.3 is 10.5 Å². The average Bonchev–Trinajstić information content (AvgIpc) is 2.46. The SMILES string of the molecule is COc1ccccc1C(Sc1ccccc1C)C(C)N. The normalized spacial score (nSPS) is 13.8. The molecule has 106 valence electrons. The number of nitrogens with two attached hydrogens (primary N) is 1. The van der Waals surface area contributed by atoms with E-state index in [-0.39, 0.29) is 11.3 Å². The van der Waals surface area contributed by atoms with Crippen molar-refractivity contribution in [2.45, 2.75) is 30.0 Å². The number of hydrogen-bond donors (Lipinski definition) is 1. The summed E-state index contributed by atoms with van der Waals surface area (Å²) in [6.45, 7) is 4.17. The zero-order valence-corrected chi connectivity index (χ0v) is 13.0. The summed E-state index contributed by atoms with van der Waals surface area (Å²) in [4.78, 5) is 1.26. The van der Waals surface area contributed by atoms with E-state index in [1.807, 2.05) is 25.1 Å². The predicted octanol–water partition coefficient (Wildman–Crippen LogP) is 4.18. The van der Waals surface area contributed by atoms with Gasteiger partial charge in [0.15, 0.2) is 0 Å². The van der Waals surface area contributed by atoms with E-state index < -0.39 is 0 Å². The summed E-state index contributed by atoms with van der Waals surface area (Å²) in [6, 6.07) is 16.5. The Morgan fingerprint density at radius 2 is 1.70 bits per heavy atom. The van der Waals surface area contributed by atoms with E-state index in [1.54, 1.807) is 18.9 Å². The van der Waals surface area contributed by atoms with Gasteiger partial charge >= 0.3 is 0 Å². The molecule has 2 atom stereocenters. The lowest BCUT2D eigenvalue weighted by molar-refractivity contribution is 0.408. The maximum atomic E-state index is 6.21. The summed E-state index contributed by atoms with van der Waals surface area (Å²) < 4.78 is 5.48. The molecule has 2 aromatic rings. The molecule has 0 radical (unpaired) electrons. The molecule has 2 rings (SSSR count). The molecule has 0 fully saturated rings. The van der Waals surface area contributed by atoms with E-state index in [4.69, 9.17) is 10.5 Å². The van der Waals surface area contributed by atoms with Crippen LogP contribution in [-0.2, 0) is 0 Å². The first kappa shape index (κ1) is 14.9. The molecule has 0 aliphatic heterocycles. The average molecular weight is 287 g/mol. The van der Waals surface area contributed by atoms with Gasteiger partial charge in [-0.15, -0.1) is 11.8 Å². The predicted molar refractivity (Wildman–Crippen MR) is 86.4 cm³/mol. The van der Waals surface area contributed by atoms with Gasteiger partial charge in [-0.1, -0.05) is 36.4 Å². The molecule has 0 amide bonds. The van der Waals surface area contributed by atoms with Crippen LogP contribution in [0, 0.1) is 6.92 Å². The maximum absolute atomic E-state index is 6.21. The highest BCUT2D eigenvalue weighted by molar-refractivity contribution is 7.99. The molecule has 2 aromatic carbocycles. The summed E-state index contributed by atoms with van der Waals surface area (Å²) in [5.41, 5.74) is 8.64. The molecule has 0 saturated heterocycles. The van der Waals surface area contributed by atoms with E-state index in [1.165, 1.54) is 10.5 Å². The summed E-state index contributed by atoms with van der Waals surface area (Å²) >= 11 is 1.80. The summed E-state index contributed by atoms with van der Waals surface area (Å²) in [5, 5.41) is 0.173. The van der Waals surface area contributed by atoms with E-state index in [0.717, 1.165) is 11.3 Å². The Hall–Kier alpha value is -1.45. The largest absolute Gasteiger partial charge is 0.496 e. The highest BCUT2D eigenvalue weighted by Crippen LogP contribution is 2.41. The second-order valence-corrected chi connectivity index (χ2v) is 6.09. The van der Waals surface area contributed by atoms with Crippen LogP contribution in [0.25, 0.3) is 0 Å². The van der Waals surface area contributed by atoms with Gasteiger partial charge in [0.1, 0.15) is 5.75 Å². The molecular weight excluding hydrogens is 266 g/mol. The number of para-hydroxylation sites is 1. The number of benzene rings is 2. The van der Waals surface area contributed by atoms with E-state index in [0.29, 0.717) is 0 Å². The first-order chi connectivity index (χ1) is 9.63. The van der Waals surface area contributed by atoms with Crippen molar-refractivity contribution in [2.24, 2.45) is 5.73 Å². The fraction of sp³-hybridized carbons (Fsp3) is 0.294. The van der Waals surface area contributed by atoms with Crippen LogP contribution in [0.4, 0.5) is 0 Å². The lowest BCUT2D eigenvalue weighted by Crippen LogP contribution is -2.23. The minimum absolute atomic E-state index is 0.0379. The molecular formula is C17H21NOS. The van der Waals surface area contributed by atoms with Gasteiger partial charge in [0.25, 0.3) is 0 Å². The zero-order valence-electron chi connectivity index (χ0n) is 12.2. The van der Waals surface area contributed by atoms with E-state index >= 15 is 0 Å². The Labute approximate surface area is 125 Å². The lowest BCUT2D eigenvalue weighted by Gasteiger charge is -2.23. The third-order valence-corrected chi connectivity index (χ3v) is 4.92. The molecule has 3 heteroatoms. The standard InChI is InChI=1S/C17H21NOS/c1-12-8-4-7-11-16(12)20-17(13(2)18)14-9-5-6-10-15(14)19-3/h4-11,13,17H,18H2,1-3H3. The van der Waals surface area contributed by atoms with Crippen molar-refractivity contribution < 1.29 is 4.74 Å². The van der Waals surface area contributed by atoms with Crippen molar-refractivity contribution in [3.05, 3.63) is 59.7 Å². The highest BCUT2D eigenvalue weighted by Gasteiger charge is 2.21. The fourth-order valence-electron chi connectivity index (χ4n) is 2.18. The van der Waals surface area contributed by atoms with Crippen LogP contribution in [0.15, 0.2) is 53.4 Å². The van der Waals surface area contributed by atoms with Crippen LogP contribution < -0.4 is 10.5 Å². The lowest BCUT2D eigenvalue weighted by atomic mass is 10.1. The molecule has 2 unspecified atom stereocenters. The molecule has 0 aliphatic carbocycles. The van der Waals surface area contributed by atoms with Gasteiger partial charge in [0, 0.05) is 16.5 Å². The summed E-state index contributed by atoms with van der Waals surface area (Å²) in [5.74, 6) is 0.899. The number of hydrogen-bond acceptors (Lipinski definition) is 3. The Balaban J connectivity index is 2.35. The van der Waals surface area contributed by atoms with Gasteiger partial charge in [-0.05, 0) is 31.5 Å². The van der Waals surface area contributed by atoms with Crippen molar-refractivity contribution in [2.75, 3.05) is 7.11 Å². The first-order valence-corrected chi connectivity index (χ1v) is 7.62. The molecule has 2 N–H and O–H groups in total. The van der Waals surface area contributed by atoms with Crippen LogP contribution in [0.1, 0.15) is 23.3 Å². The van der Waals surface area contributed by atoms with Crippen molar-refractivity contribution in [1.29, 1.82) is 0 Å². The molecule has 20 heavy (non-hydrogen) atoms. The minimum Gasteiger partial charge on any atom is -0.496 e. The highest BCUT2D eigenvalue weighted by atomic mass is 32.2. The molecule has 2 nitrogen and oxygen atoms in total. The van der Waals surface area contributed by atoms with E-state index in [9.17, 15) is 0 Å². The molecule has 0 aromatic heterocycles. The van der Waals surface area contributed by atoms with Crippen LogP contribution in [0.3, 0.4) is 0 Å². The minimum atomic E-state index is 0.0379. The Bertz CT molecular complexity index is 568. The smallest absolute Gasteiger partial charge is 0.123 e. The van der Waals surface area contributed by atoms with Crippen molar-refractivity contribution in [3.8, 4) is 5.75 Å². The molecule has 0 heterocycles. The van der Waals surface area contributed by atoms with Crippen LogP contribution in [0.5, 0.6) is 5.75 Å². The zero-order chi connectivity index (χ0) is 14.5. The van der Waals surface area contributed by atoms with Crippen molar-refractivity contribution in [3.63, 3.8) is 0 Å². The maximum Gasteiger partial charge on any atom is 0.123 e. The van der Waals surface area contributed by atoms with Crippen molar-refractivity contribution >= 4 is 11.8 Å². The van der Waals surface area contributed by atoms with Gasteiger partial charge in [-0.3, -0.25) is 0 Å². The van der Waals surface area contributed by atoms with E-state index in [2.05, 4.69) is 37.3 Å². The van der Waals surface area contributed by atoms with Gasteiger partial charge in [0.05, 0.1) is 12.4 Å². The first-order valence-electron chi connectivity index (χ1n) is 6.74. The van der Waals surface area contributed by atoms with Crippen LogP contribution in [0.2, 0.25) is 0 Å². The van der Waals surface area contributed by atoms with Gasteiger partial charge in [-0.2, -0.15) is 0 Å². The van der Waals surface area contributed by atoms with Gasteiger partial charge in [0.2, 0.25) is 0 Å². The molecule has 0 saturated carbocycles. The molecule has 0 aliphatic rings. The Kier molecular flexibility index (Phi) is 5.10. The van der Waals surface area contributed by atoms with Gasteiger partial charge in [-0.25, -0.2) is 0 Å². The van der Waals surface area contributed by atoms with Crippen LogP contribution >= 0.6 is 11.8 Å². The summed E-state index contributed by atoms with van der Waals surface area (Å²) in [6.07, 6.45) is 0. The monoisotopic (exact) mass is 287 g/mol. The third-order valence-electron chi connectivity index (χ3n) is 3.27. The number of rotatable bonds is 5. The third kappa shape index (κ3) is 3.35. The van der Waals surface area contributed by atoms with Crippen molar-refractivity contribution in [1.82, 2.24) is 0 Å². The quantitative estimate of drug-likeness (QED) is 0.838. The molecule has 0 spiro atoms. The Morgan fingerprint density at radius 3 is 2.35 bits per heavy atom. The number of ether oxygens (including phenoxy) is 1. The molecule has 0 bridgehead atoms. The van der Waals surface area contributed by atoms with Crippen LogP contribution in [-0.4, -0.2) is 13.2 Å². The Morgan fingerprint density at radius 1 is 1.05 bits per heavy atom. The summed E-state index contributed by atoms with van der Waals surface area (Å²) in [7, 11) is 1.70. The topological polar surface area (TPSA) is 35.2 Å². The number of aryl methyl sites for hydroxylation is 1. The fourth-order valence-corrected chi connectivity index (χ4v) is 3.40. The number of methoxy groups -OCH3 is 1. The number of thioether (sulfide) groups is 1. The second-order valence-electron chi connectivity index (χ2n) is 4.91.